The Labute approximate surface area is 206 Å². The van der Waals surface area contributed by atoms with Crippen LogP contribution in [-0.4, -0.2) is 11.3 Å². The molecular formula is C31H57NO. The van der Waals surface area contributed by atoms with Gasteiger partial charge < -0.3 is 5.73 Å². The molecule has 0 saturated heterocycles. The molecule has 2 atom stereocenters. The Bertz CT molecular complexity index is 548. The van der Waals surface area contributed by atoms with Crippen molar-refractivity contribution in [1.29, 1.82) is 0 Å². The Morgan fingerprint density at radius 2 is 1.18 bits per heavy atom. The molecule has 0 aromatic heterocycles. The second-order valence-electron chi connectivity index (χ2n) is 13.3. The van der Waals surface area contributed by atoms with Crippen LogP contribution in [0.15, 0.2) is 0 Å². The van der Waals surface area contributed by atoms with Gasteiger partial charge in [-0.3, -0.25) is 4.79 Å². The normalized spacial score (nSPS) is 30.5. The van der Waals surface area contributed by atoms with E-state index >= 15 is 0 Å². The van der Waals surface area contributed by atoms with Gasteiger partial charge >= 0.3 is 0 Å². The quantitative estimate of drug-likeness (QED) is 0.221. The monoisotopic (exact) mass is 459 g/mol. The number of hydrogen-bond acceptors (Lipinski definition) is 2. The Balaban J connectivity index is 1.35. The van der Waals surface area contributed by atoms with Crippen molar-refractivity contribution in [3.05, 3.63) is 0 Å². The van der Waals surface area contributed by atoms with Gasteiger partial charge in [0.05, 0.1) is 0 Å². The third-order valence-corrected chi connectivity index (χ3v) is 9.93. The lowest BCUT2D eigenvalue weighted by Gasteiger charge is -2.54. The molecule has 4 fully saturated rings. The first-order valence-electron chi connectivity index (χ1n) is 15.1. The van der Waals surface area contributed by atoms with E-state index in [1.54, 1.807) is 0 Å². The molecule has 0 aromatic carbocycles. The van der Waals surface area contributed by atoms with Crippen molar-refractivity contribution >= 4 is 5.78 Å². The first-order chi connectivity index (χ1) is 15.8. The molecule has 0 spiro atoms. The lowest BCUT2D eigenvalue weighted by Crippen LogP contribution is -2.52. The molecular weight excluding hydrogens is 402 g/mol. The Kier molecular flexibility index (Phi) is 10.8. The summed E-state index contributed by atoms with van der Waals surface area (Å²) in [7, 11) is 0. The van der Waals surface area contributed by atoms with E-state index in [0.29, 0.717) is 29.5 Å². The summed E-state index contributed by atoms with van der Waals surface area (Å²) in [5, 5.41) is 0. The highest BCUT2D eigenvalue weighted by Crippen LogP contribution is 2.57. The number of rotatable bonds is 17. The zero-order valence-corrected chi connectivity index (χ0v) is 22.8. The summed E-state index contributed by atoms with van der Waals surface area (Å²) in [6.07, 6.45) is 24.5. The maximum Gasteiger partial charge on any atom is 0.139 e. The molecule has 4 aliphatic rings. The average Bonchev–Trinajstić information content (AvgIpc) is 2.75. The summed E-state index contributed by atoms with van der Waals surface area (Å²) < 4.78 is 0. The van der Waals surface area contributed by atoms with Crippen molar-refractivity contribution in [2.24, 2.45) is 47.2 Å². The minimum Gasteiger partial charge on any atom is -0.325 e. The lowest BCUT2D eigenvalue weighted by molar-refractivity contribution is -0.142. The summed E-state index contributed by atoms with van der Waals surface area (Å²) in [6, 6.07) is 0. The molecule has 2 unspecified atom stereocenters. The maximum atomic E-state index is 13.8. The topological polar surface area (TPSA) is 43.1 Å². The van der Waals surface area contributed by atoms with Gasteiger partial charge in [0.1, 0.15) is 5.78 Å². The van der Waals surface area contributed by atoms with Crippen molar-refractivity contribution in [2.45, 2.75) is 149 Å². The Hall–Kier alpha value is -0.370. The molecule has 2 N–H and O–H groups in total. The molecule has 4 aliphatic carbocycles. The van der Waals surface area contributed by atoms with Crippen molar-refractivity contribution in [3.63, 3.8) is 0 Å². The molecule has 4 rings (SSSR count). The molecule has 33 heavy (non-hydrogen) atoms. The lowest BCUT2D eigenvalue weighted by atomic mass is 9.50. The van der Waals surface area contributed by atoms with Crippen LogP contribution in [0.3, 0.4) is 0 Å². The molecule has 4 bridgehead atoms. The van der Waals surface area contributed by atoms with Gasteiger partial charge in [-0.1, -0.05) is 90.9 Å². The third kappa shape index (κ3) is 7.81. The number of carbonyl (C=O) groups excluding carboxylic acids is 1. The molecule has 0 aromatic rings. The van der Waals surface area contributed by atoms with Crippen LogP contribution in [0.4, 0.5) is 0 Å². The third-order valence-electron chi connectivity index (χ3n) is 9.93. The molecule has 192 valence electrons. The van der Waals surface area contributed by atoms with E-state index in [-0.39, 0.29) is 11.5 Å². The highest BCUT2D eigenvalue weighted by molar-refractivity contribution is 5.84. The van der Waals surface area contributed by atoms with E-state index in [9.17, 15) is 4.79 Å². The van der Waals surface area contributed by atoms with Gasteiger partial charge in [0.2, 0.25) is 0 Å². The van der Waals surface area contributed by atoms with Crippen LogP contribution in [0.25, 0.3) is 0 Å². The van der Waals surface area contributed by atoms with Gasteiger partial charge in [-0.15, -0.1) is 0 Å². The molecule has 4 saturated carbocycles. The summed E-state index contributed by atoms with van der Waals surface area (Å²) in [5.74, 6) is 4.68. The second-order valence-corrected chi connectivity index (χ2v) is 13.3. The van der Waals surface area contributed by atoms with E-state index < -0.39 is 0 Å². The number of ketones is 1. The van der Waals surface area contributed by atoms with Gasteiger partial charge in [0.25, 0.3) is 0 Å². The highest BCUT2D eigenvalue weighted by Gasteiger charge is 2.52. The molecule has 0 aliphatic heterocycles. The zero-order valence-electron chi connectivity index (χ0n) is 22.8. The van der Waals surface area contributed by atoms with Crippen molar-refractivity contribution in [2.75, 3.05) is 0 Å². The average molecular weight is 460 g/mol. The standard InChI is InChI=1S/C31H57NO/c1-5-6-7-8-9-10-11-12-13-14-15-16-17-28(31(3,4)32)23(2)30(33)29-26-19-24-18-25(21-26)22-27(29)20-24/h23-29H,5-22,32H2,1-4H3. The molecule has 2 nitrogen and oxygen atoms in total. The van der Waals surface area contributed by atoms with E-state index in [2.05, 4.69) is 27.7 Å². The predicted molar refractivity (Wildman–Crippen MR) is 142 cm³/mol. The minimum absolute atomic E-state index is 0.125. The van der Waals surface area contributed by atoms with Gasteiger partial charge in [-0.05, 0) is 82.0 Å². The molecule has 0 radical (unpaired) electrons. The van der Waals surface area contributed by atoms with E-state index in [0.717, 1.165) is 18.3 Å². The first-order valence-corrected chi connectivity index (χ1v) is 15.1. The van der Waals surface area contributed by atoms with Gasteiger partial charge in [0.15, 0.2) is 0 Å². The summed E-state index contributed by atoms with van der Waals surface area (Å²) in [6.45, 7) is 8.85. The fourth-order valence-corrected chi connectivity index (χ4v) is 8.36. The summed E-state index contributed by atoms with van der Waals surface area (Å²) in [4.78, 5) is 13.8. The summed E-state index contributed by atoms with van der Waals surface area (Å²) >= 11 is 0. The van der Waals surface area contributed by atoms with Gasteiger partial charge in [0, 0.05) is 17.4 Å². The number of nitrogens with two attached hydrogens (primary N) is 1. The largest absolute Gasteiger partial charge is 0.325 e. The van der Waals surface area contributed by atoms with E-state index in [1.807, 2.05) is 0 Å². The molecule has 2 heteroatoms. The number of carbonyl (C=O) groups is 1. The van der Waals surface area contributed by atoms with Gasteiger partial charge in [-0.2, -0.15) is 0 Å². The van der Waals surface area contributed by atoms with E-state index in [1.165, 1.54) is 109 Å². The maximum absolute atomic E-state index is 13.8. The van der Waals surface area contributed by atoms with Gasteiger partial charge in [-0.25, -0.2) is 0 Å². The minimum atomic E-state index is -0.265. The van der Waals surface area contributed by atoms with Crippen LogP contribution in [-0.2, 0) is 4.79 Å². The van der Waals surface area contributed by atoms with Crippen molar-refractivity contribution in [3.8, 4) is 0 Å². The summed E-state index contributed by atoms with van der Waals surface area (Å²) in [5.41, 5.74) is 6.41. The fraction of sp³-hybridized carbons (Fsp3) is 0.968. The van der Waals surface area contributed by atoms with Crippen LogP contribution in [0, 0.1) is 41.4 Å². The molecule has 0 amide bonds. The smallest absolute Gasteiger partial charge is 0.139 e. The number of unbranched alkanes of at least 4 members (excludes halogenated alkanes) is 11. The van der Waals surface area contributed by atoms with Crippen LogP contribution >= 0.6 is 0 Å². The van der Waals surface area contributed by atoms with Crippen LogP contribution in [0.1, 0.15) is 143 Å². The zero-order chi connectivity index (χ0) is 23.8. The van der Waals surface area contributed by atoms with Crippen LogP contribution in [0.5, 0.6) is 0 Å². The fourth-order valence-electron chi connectivity index (χ4n) is 8.36. The Morgan fingerprint density at radius 3 is 1.61 bits per heavy atom. The number of Topliss-reactive ketones (excluding diaryl/α,β-unsaturated/α-hetero) is 1. The van der Waals surface area contributed by atoms with Crippen LogP contribution in [0.2, 0.25) is 0 Å². The van der Waals surface area contributed by atoms with E-state index in [4.69, 9.17) is 5.73 Å². The van der Waals surface area contributed by atoms with Crippen molar-refractivity contribution in [1.82, 2.24) is 0 Å². The Morgan fingerprint density at radius 1 is 0.758 bits per heavy atom. The van der Waals surface area contributed by atoms with Crippen LogP contribution < -0.4 is 5.73 Å². The highest BCUT2D eigenvalue weighted by atomic mass is 16.1. The second kappa shape index (κ2) is 13.1. The first kappa shape index (κ1) is 27.2. The predicted octanol–water partition coefficient (Wildman–Crippen LogP) is 8.71. The number of hydrogen-bond donors (Lipinski definition) is 1. The SMILES string of the molecule is CCCCCCCCCCCCCCC(C(C)C(=O)C1C2CC3CC(C2)CC1C3)C(C)(C)N. The van der Waals surface area contributed by atoms with Crippen molar-refractivity contribution < 1.29 is 4.79 Å². The molecule has 0 heterocycles.